The Kier molecular flexibility index (Phi) is 5.13. The summed E-state index contributed by atoms with van der Waals surface area (Å²) in [5.41, 5.74) is 12.4. The van der Waals surface area contributed by atoms with Crippen molar-refractivity contribution < 1.29 is 14.0 Å². The van der Waals surface area contributed by atoms with Gasteiger partial charge in [-0.15, -0.1) is 0 Å². The first-order chi connectivity index (χ1) is 10.9. The van der Waals surface area contributed by atoms with Crippen molar-refractivity contribution in [2.45, 2.75) is 13.0 Å². The van der Waals surface area contributed by atoms with Gasteiger partial charge in [-0.25, -0.2) is 4.39 Å². The lowest BCUT2D eigenvalue weighted by molar-refractivity contribution is -0.104. The van der Waals surface area contributed by atoms with Gasteiger partial charge in [-0.3, -0.25) is 9.59 Å². The molecule has 0 atom stereocenters. The zero-order chi connectivity index (χ0) is 17.0. The van der Waals surface area contributed by atoms with Crippen LogP contribution in [0.4, 0.5) is 4.39 Å². The van der Waals surface area contributed by atoms with Crippen molar-refractivity contribution in [2.24, 2.45) is 11.5 Å². The summed E-state index contributed by atoms with van der Waals surface area (Å²) >= 11 is 0. The second kappa shape index (κ2) is 7.06. The summed E-state index contributed by atoms with van der Waals surface area (Å²) in [6.45, 7) is 2.96. The van der Waals surface area contributed by atoms with Crippen molar-refractivity contribution >= 4 is 17.9 Å². The lowest BCUT2D eigenvalue weighted by Gasteiger charge is -2.28. The lowest BCUT2D eigenvalue weighted by Crippen LogP contribution is -2.56. The topological polar surface area (TPSA) is 110 Å². The van der Waals surface area contributed by atoms with Crippen LogP contribution in [0.5, 0.6) is 0 Å². The van der Waals surface area contributed by atoms with Crippen molar-refractivity contribution in [1.29, 1.82) is 0 Å². The van der Waals surface area contributed by atoms with Crippen LogP contribution in [0.15, 0.2) is 30.0 Å². The van der Waals surface area contributed by atoms with E-state index in [1.54, 1.807) is 6.92 Å². The zero-order valence-corrected chi connectivity index (χ0v) is 12.7. The van der Waals surface area contributed by atoms with Gasteiger partial charge in [0, 0.05) is 29.9 Å². The monoisotopic (exact) mass is 318 g/mol. The summed E-state index contributed by atoms with van der Waals surface area (Å²) < 4.78 is 14.1. The molecule has 1 aliphatic heterocycles. The molecule has 1 fully saturated rings. The van der Waals surface area contributed by atoms with Gasteiger partial charge in [-0.2, -0.15) is 0 Å². The first kappa shape index (κ1) is 16.7. The molecule has 0 aliphatic carbocycles. The van der Waals surface area contributed by atoms with Crippen LogP contribution in [0.1, 0.15) is 21.5 Å². The van der Waals surface area contributed by atoms with Gasteiger partial charge < -0.3 is 22.1 Å². The van der Waals surface area contributed by atoms with E-state index >= 15 is 0 Å². The minimum absolute atomic E-state index is 0.00236. The first-order valence-corrected chi connectivity index (χ1v) is 7.12. The number of carbonyl (C=O) groups is 2. The first-order valence-electron chi connectivity index (χ1n) is 7.12. The Hall–Kier alpha value is -2.67. The fraction of sp³-hybridized carbons (Fsp3) is 0.250. The molecule has 1 saturated heterocycles. The Morgan fingerprint density at radius 3 is 2.61 bits per heavy atom. The molecular formula is C16H19FN4O2. The number of halogens is 1. The molecule has 0 bridgehead atoms. The van der Waals surface area contributed by atoms with Gasteiger partial charge in [0.15, 0.2) is 6.29 Å². The molecule has 1 aliphatic rings. The summed E-state index contributed by atoms with van der Waals surface area (Å²) in [6.07, 6.45) is 3.21. The summed E-state index contributed by atoms with van der Waals surface area (Å²) in [7, 11) is 0. The third kappa shape index (κ3) is 3.95. The number of benzene rings is 1. The van der Waals surface area contributed by atoms with Gasteiger partial charge in [0.25, 0.3) is 5.91 Å². The predicted octanol–water partition coefficient (Wildman–Crippen LogP) is 0.177. The van der Waals surface area contributed by atoms with E-state index in [2.05, 4.69) is 10.6 Å². The van der Waals surface area contributed by atoms with Gasteiger partial charge >= 0.3 is 0 Å². The van der Waals surface area contributed by atoms with Crippen LogP contribution in [0.25, 0.3) is 5.70 Å². The van der Waals surface area contributed by atoms with Crippen LogP contribution < -0.4 is 22.1 Å². The van der Waals surface area contributed by atoms with Gasteiger partial charge in [-0.05, 0) is 36.8 Å². The van der Waals surface area contributed by atoms with Crippen molar-refractivity contribution in [2.75, 3.05) is 13.1 Å². The predicted molar refractivity (Wildman–Crippen MR) is 85.8 cm³/mol. The summed E-state index contributed by atoms with van der Waals surface area (Å²) in [4.78, 5) is 22.6. The Morgan fingerprint density at radius 2 is 2.04 bits per heavy atom. The molecular weight excluding hydrogens is 299 g/mol. The smallest absolute Gasteiger partial charge is 0.251 e. The number of hydrogen-bond donors (Lipinski definition) is 4. The SMILES string of the molecule is Cc1c(F)cc(C(=O)NC2CNC2)cc1/C(N)=C/C=C(\N)C=O. The largest absolute Gasteiger partial charge is 0.398 e. The summed E-state index contributed by atoms with van der Waals surface area (Å²) in [5.74, 6) is -0.879. The standard InChI is InChI=1S/C16H19FN4O2/c1-9-13(15(19)3-2-11(18)8-22)4-10(5-14(9)17)16(23)21-12-6-20-7-12/h2-5,8,12,20H,6-7,18-19H2,1H3,(H,21,23)/b11-2-,15-3-. The number of nitrogens with two attached hydrogens (primary N) is 2. The van der Waals surface area contributed by atoms with Gasteiger partial charge in [0.05, 0.1) is 11.7 Å². The van der Waals surface area contributed by atoms with Crippen molar-refractivity contribution in [3.05, 3.63) is 52.5 Å². The van der Waals surface area contributed by atoms with E-state index in [0.29, 0.717) is 30.5 Å². The highest BCUT2D eigenvalue weighted by Crippen LogP contribution is 2.21. The molecule has 122 valence electrons. The summed E-state index contributed by atoms with van der Waals surface area (Å²) in [6, 6.07) is 2.76. The van der Waals surface area contributed by atoms with Gasteiger partial charge in [0.1, 0.15) is 5.82 Å². The summed E-state index contributed by atoms with van der Waals surface area (Å²) in [5, 5.41) is 5.83. The van der Waals surface area contributed by atoms with Crippen LogP contribution in [0.3, 0.4) is 0 Å². The van der Waals surface area contributed by atoms with E-state index in [1.807, 2.05) is 0 Å². The maximum Gasteiger partial charge on any atom is 0.251 e. The molecule has 1 aromatic carbocycles. The molecule has 1 heterocycles. The molecule has 0 spiro atoms. The quantitative estimate of drug-likeness (QED) is 0.352. The Labute approximate surface area is 133 Å². The van der Waals surface area contributed by atoms with E-state index in [9.17, 15) is 14.0 Å². The zero-order valence-electron chi connectivity index (χ0n) is 12.7. The highest BCUT2D eigenvalue weighted by molar-refractivity contribution is 5.95. The normalized spacial score (nSPS) is 15.9. The number of aldehydes is 1. The number of amides is 1. The third-order valence-electron chi connectivity index (χ3n) is 3.63. The fourth-order valence-electron chi connectivity index (χ4n) is 2.08. The molecule has 1 amide bonds. The van der Waals surface area contributed by atoms with E-state index in [0.717, 1.165) is 0 Å². The van der Waals surface area contributed by atoms with Crippen molar-refractivity contribution in [1.82, 2.24) is 10.6 Å². The van der Waals surface area contributed by atoms with E-state index in [1.165, 1.54) is 24.3 Å². The number of carbonyl (C=O) groups excluding carboxylic acids is 2. The van der Waals surface area contributed by atoms with Gasteiger partial charge in [-0.1, -0.05) is 0 Å². The lowest BCUT2D eigenvalue weighted by atomic mass is 10.0. The third-order valence-corrected chi connectivity index (χ3v) is 3.63. The molecule has 0 saturated carbocycles. The molecule has 7 heteroatoms. The van der Waals surface area contributed by atoms with E-state index in [-0.39, 0.29) is 28.9 Å². The molecule has 0 radical (unpaired) electrons. The molecule has 6 N–H and O–H groups in total. The minimum Gasteiger partial charge on any atom is -0.398 e. The minimum atomic E-state index is -0.525. The maximum absolute atomic E-state index is 14.1. The Balaban J connectivity index is 2.31. The maximum atomic E-state index is 14.1. The molecule has 1 aromatic rings. The molecule has 0 unspecified atom stereocenters. The second-order valence-corrected chi connectivity index (χ2v) is 5.37. The molecule has 2 rings (SSSR count). The number of allylic oxidation sites excluding steroid dienone is 3. The molecule has 23 heavy (non-hydrogen) atoms. The average Bonchev–Trinajstić information content (AvgIpc) is 2.50. The molecule has 0 aromatic heterocycles. The second-order valence-electron chi connectivity index (χ2n) is 5.37. The fourth-order valence-corrected chi connectivity index (χ4v) is 2.08. The van der Waals surface area contributed by atoms with E-state index < -0.39 is 5.82 Å². The average molecular weight is 318 g/mol. The van der Waals surface area contributed by atoms with E-state index in [4.69, 9.17) is 11.5 Å². The molecule has 6 nitrogen and oxygen atoms in total. The highest BCUT2D eigenvalue weighted by Gasteiger charge is 2.21. The van der Waals surface area contributed by atoms with Gasteiger partial charge in [0.2, 0.25) is 0 Å². The van der Waals surface area contributed by atoms with Crippen LogP contribution in [0.2, 0.25) is 0 Å². The number of hydrogen-bond acceptors (Lipinski definition) is 5. The van der Waals surface area contributed by atoms with Crippen molar-refractivity contribution in [3.63, 3.8) is 0 Å². The van der Waals surface area contributed by atoms with Crippen LogP contribution in [-0.2, 0) is 4.79 Å². The van der Waals surface area contributed by atoms with Crippen LogP contribution >= 0.6 is 0 Å². The van der Waals surface area contributed by atoms with Crippen LogP contribution in [-0.4, -0.2) is 31.3 Å². The Morgan fingerprint density at radius 1 is 1.35 bits per heavy atom. The number of nitrogens with one attached hydrogen (secondary N) is 2. The number of rotatable bonds is 5. The highest BCUT2D eigenvalue weighted by atomic mass is 19.1. The van der Waals surface area contributed by atoms with Crippen molar-refractivity contribution in [3.8, 4) is 0 Å². The Bertz CT molecular complexity index is 694. The van der Waals surface area contributed by atoms with Crippen LogP contribution in [0, 0.1) is 12.7 Å².